The molecule has 1 fully saturated rings. The third-order valence-corrected chi connectivity index (χ3v) is 4.98. The van der Waals surface area contributed by atoms with Gasteiger partial charge in [0.25, 0.3) is 11.7 Å². The maximum atomic E-state index is 12.9. The number of aliphatic hydroxyl groups is 1. The van der Waals surface area contributed by atoms with Gasteiger partial charge in [-0.3, -0.25) is 9.59 Å². The lowest BCUT2D eigenvalue weighted by molar-refractivity contribution is -0.140. The molecule has 0 aliphatic carbocycles. The van der Waals surface area contributed by atoms with Gasteiger partial charge in [0.2, 0.25) is 0 Å². The monoisotopic (exact) mass is 423 g/mol. The number of carbonyl (C=O) groups excluding carboxylic acids is 2. The van der Waals surface area contributed by atoms with E-state index in [0.717, 1.165) is 0 Å². The Hall–Kier alpha value is -3.58. The van der Waals surface area contributed by atoms with Gasteiger partial charge in [-0.1, -0.05) is 24.8 Å². The normalized spacial score (nSPS) is 17.6. The third-order valence-electron chi connectivity index (χ3n) is 4.98. The fraction of sp³-hybridized carbons (Fsp3) is 0.250. The van der Waals surface area contributed by atoms with Gasteiger partial charge in [-0.2, -0.15) is 0 Å². The summed E-state index contributed by atoms with van der Waals surface area (Å²) in [7, 11) is 3.06. The first-order valence-corrected chi connectivity index (χ1v) is 9.77. The van der Waals surface area contributed by atoms with Crippen molar-refractivity contribution in [3.8, 4) is 11.5 Å². The average molecular weight is 423 g/mol. The Labute approximate surface area is 181 Å². The highest BCUT2D eigenvalue weighted by Crippen LogP contribution is 2.40. The quantitative estimate of drug-likeness (QED) is 0.288. The molecule has 0 saturated carbocycles. The Morgan fingerprint density at radius 1 is 1.13 bits per heavy atom. The minimum Gasteiger partial charge on any atom is -0.507 e. The summed E-state index contributed by atoms with van der Waals surface area (Å²) >= 11 is 0. The largest absolute Gasteiger partial charge is 0.507 e. The molecule has 2 aromatic rings. The lowest BCUT2D eigenvalue weighted by Crippen LogP contribution is -2.32. The topological polar surface area (TPSA) is 85.3 Å². The summed E-state index contributed by atoms with van der Waals surface area (Å²) in [6, 6.07) is 13.0. The molecule has 1 atom stereocenters. The predicted molar refractivity (Wildman–Crippen MR) is 116 cm³/mol. The molecule has 162 valence electrons. The van der Waals surface area contributed by atoms with Crippen molar-refractivity contribution in [3.05, 3.63) is 77.9 Å². The van der Waals surface area contributed by atoms with E-state index in [1.165, 1.54) is 19.1 Å². The molecular formula is C24H25NO6. The van der Waals surface area contributed by atoms with Crippen LogP contribution in [0.3, 0.4) is 0 Å². The average Bonchev–Trinajstić information content (AvgIpc) is 3.06. The van der Waals surface area contributed by atoms with Crippen LogP contribution in [0.2, 0.25) is 0 Å². The van der Waals surface area contributed by atoms with Crippen LogP contribution in [-0.2, 0) is 14.3 Å². The number of benzene rings is 2. The number of aliphatic hydroxyl groups excluding tert-OH is 1. The number of Topliss-reactive ketones (excluding diaryl/α,β-unsaturated/α-hetero) is 1. The third kappa shape index (κ3) is 4.62. The molecule has 0 spiro atoms. The first-order chi connectivity index (χ1) is 15.0. The van der Waals surface area contributed by atoms with E-state index in [1.54, 1.807) is 54.6 Å². The van der Waals surface area contributed by atoms with Gasteiger partial charge in [0.15, 0.2) is 0 Å². The molecule has 1 aliphatic rings. The van der Waals surface area contributed by atoms with Crippen LogP contribution in [0.4, 0.5) is 0 Å². The van der Waals surface area contributed by atoms with E-state index in [1.807, 2.05) is 0 Å². The fourth-order valence-corrected chi connectivity index (χ4v) is 3.48. The van der Waals surface area contributed by atoms with Crippen molar-refractivity contribution in [2.45, 2.75) is 6.04 Å². The van der Waals surface area contributed by atoms with Crippen molar-refractivity contribution in [1.82, 2.24) is 4.90 Å². The van der Waals surface area contributed by atoms with Gasteiger partial charge in [0.1, 0.15) is 23.9 Å². The van der Waals surface area contributed by atoms with Crippen molar-refractivity contribution in [1.29, 1.82) is 0 Å². The standard InChI is InChI=1S/C24H25NO6/c1-4-13-31-18-10-8-16(9-11-18)22(26)20-21(17-6-5-7-19(15-17)30-3)25(12-14-29-2)24(28)23(20)27/h4-11,15,21,26H,1,12-14H2,2-3H3/b22-20-. The summed E-state index contributed by atoms with van der Waals surface area (Å²) in [6.07, 6.45) is 1.63. The number of ketones is 1. The van der Waals surface area contributed by atoms with Gasteiger partial charge in [0, 0.05) is 19.2 Å². The van der Waals surface area contributed by atoms with Crippen molar-refractivity contribution >= 4 is 17.4 Å². The lowest BCUT2D eigenvalue weighted by atomic mass is 9.95. The minimum atomic E-state index is -0.762. The van der Waals surface area contributed by atoms with E-state index in [0.29, 0.717) is 29.2 Å². The summed E-state index contributed by atoms with van der Waals surface area (Å²) in [4.78, 5) is 27.1. The van der Waals surface area contributed by atoms with Crippen molar-refractivity contribution < 1.29 is 28.9 Å². The van der Waals surface area contributed by atoms with Crippen molar-refractivity contribution in [2.24, 2.45) is 0 Å². The van der Waals surface area contributed by atoms with Gasteiger partial charge in [-0.05, 0) is 42.0 Å². The zero-order valence-electron chi connectivity index (χ0n) is 17.5. The summed E-state index contributed by atoms with van der Waals surface area (Å²) in [6.45, 7) is 4.41. The maximum Gasteiger partial charge on any atom is 0.295 e. The predicted octanol–water partition coefficient (Wildman–Crippen LogP) is 3.33. The number of amides is 1. The Balaban J connectivity index is 2.08. The highest BCUT2D eigenvalue weighted by molar-refractivity contribution is 6.46. The summed E-state index contributed by atoms with van der Waals surface area (Å²) in [5.74, 6) is -0.494. The molecule has 0 bridgehead atoms. The van der Waals surface area contributed by atoms with Crippen LogP contribution in [0.15, 0.2) is 66.8 Å². The van der Waals surface area contributed by atoms with Crippen LogP contribution in [0.5, 0.6) is 11.5 Å². The van der Waals surface area contributed by atoms with Crippen molar-refractivity contribution in [2.75, 3.05) is 34.0 Å². The number of hydrogen-bond donors (Lipinski definition) is 1. The molecule has 2 aromatic carbocycles. The first kappa shape index (κ1) is 22.1. The van der Waals surface area contributed by atoms with E-state index in [9.17, 15) is 14.7 Å². The second-order valence-corrected chi connectivity index (χ2v) is 6.89. The molecule has 1 unspecified atom stereocenters. The van der Waals surface area contributed by atoms with Gasteiger partial charge < -0.3 is 24.2 Å². The Morgan fingerprint density at radius 3 is 2.52 bits per heavy atom. The molecule has 7 nitrogen and oxygen atoms in total. The lowest BCUT2D eigenvalue weighted by Gasteiger charge is -2.25. The molecule has 1 saturated heterocycles. The number of methoxy groups -OCH3 is 2. The smallest absolute Gasteiger partial charge is 0.295 e. The first-order valence-electron chi connectivity index (χ1n) is 9.77. The second kappa shape index (κ2) is 9.95. The molecule has 0 aromatic heterocycles. The van der Waals surface area contributed by atoms with Gasteiger partial charge in [-0.15, -0.1) is 0 Å². The number of likely N-dealkylation sites (tertiary alicyclic amines) is 1. The number of ether oxygens (including phenoxy) is 3. The van der Waals surface area contributed by atoms with Crippen LogP contribution >= 0.6 is 0 Å². The Bertz CT molecular complexity index is 995. The van der Waals surface area contributed by atoms with Crippen LogP contribution < -0.4 is 9.47 Å². The SMILES string of the molecule is C=CCOc1ccc(/C(O)=C2/C(=O)C(=O)N(CCOC)C2c2cccc(OC)c2)cc1. The van der Waals surface area contributed by atoms with Gasteiger partial charge >= 0.3 is 0 Å². The van der Waals surface area contributed by atoms with E-state index >= 15 is 0 Å². The Morgan fingerprint density at radius 2 is 1.87 bits per heavy atom. The molecule has 3 rings (SSSR count). The molecule has 7 heteroatoms. The van der Waals surface area contributed by atoms with Crippen LogP contribution in [-0.4, -0.2) is 55.7 Å². The van der Waals surface area contributed by atoms with Crippen LogP contribution in [0, 0.1) is 0 Å². The van der Waals surface area contributed by atoms with E-state index in [2.05, 4.69) is 6.58 Å². The molecular weight excluding hydrogens is 398 g/mol. The van der Waals surface area contributed by atoms with E-state index in [4.69, 9.17) is 14.2 Å². The fourth-order valence-electron chi connectivity index (χ4n) is 3.48. The number of rotatable bonds is 9. The van der Waals surface area contributed by atoms with E-state index in [-0.39, 0.29) is 24.5 Å². The Kier molecular flexibility index (Phi) is 7.10. The molecule has 1 heterocycles. The second-order valence-electron chi connectivity index (χ2n) is 6.89. The highest BCUT2D eigenvalue weighted by atomic mass is 16.5. The molecule has 1 aliphatic heterocycles. The zero-order valence-corrected chi connectivity index (χ0v) is 17.5. The molecule has 1 N–H and O–H groups in total. The highest BCUT2D eigenvalue weighted by Gasteiger charge is 2.45. The maximum absolute atomic E-state index is 12.9. The molecule has 0 radical (unpaired) electrons. The zero-order chi connectivity index (χ0) is 22.4. The number of carbonyl (C=O) groups is 2. The molecule has 1 amide bonds. The van der Waals surface area contributed by atoms with Crippen molar-refractivity contribution in [3.63, 3.8) is 0 Å². The van der Waals surface area contributed by atoms with Crippen LogP contribution in [0.1, 0.15) is 17.2 Å². The van der Waals surface area contributed by atoms with Gasteiger partial charge in [0.05, 0.1) is 25.3 Å². The number of nitrogens with zero attached hydrogens (tertiary/aromatic N) is 1. The summed E-state index contributed by atoms with van der Waals surface area (Å²) < 4.78 is 15.9. The number of hydrogen-bond acceptors (Lipinski definition) is 6. The molecule has 31 heavy (non-hydrogen) atoms. The van der Waals surface area contributed by atoms with E-state index < -0.39 is 17.7 Å². The van der Waals surface area contributed by atoms with Crippen LogP contribution in [0.25, 0.3) is 5.76 Å². The van der Waals surface area contributed by atoms with Gasteiger partial charge in [-0.25, -0.2) is 0 Å². The minimum absolute atomic E-state index is 0.0223. The summed E-state index contributed by atoms with van der Waals surface area (Å²) in [5, 5.41) is 11.0. The summed E-state index contributed by atoms with van der Waals surface area (Å²) in [5.41, 5.74) is 1.08.